The van der Waals surface area contributed by atoms with Crippen molar-refractivity contribution in [1.82, 2.24) is 19.8 Å². The third kappa shape index (κ3) is 3.64. The van der Waals surface area contributed by atoms with Crippen molar-refractivity contribution < 1.29 is 4.74 Å². The number of aromatic amines is 1. The van der Waals surface area contributed by atoms with E-state index in [-0.39, 0.29) is 23.3 Å². The monoisotopic (exact) mass is 411 g/mol. The predicted octanol–water partition coefficient (Wildman–Crippen LogP) is 1.92. The second-order valence-electron chi connectivity index (χ2n) is 8.18. The lowest BCUT2D eigenvalue weighted by molar-refractivity contribution is 0.155. The van der Waals surface area contributed by atoms with Crippen LogP contribution in [-0.4, -0.2) is 47.7 Å². The van der Waals surface area contributed by atoms with Gasteiger partial charge in [0.15, 0.2) is 0 Å². The Morgan fingerprint density at radius 2 is 2.13 bits per heavy atom. The molecule has 1 aliphatic heterocycles. The molecule has 1 aliphatic carbocycles. The molecule has 0 radical (unpaired) electrons. The van der Waals surface area contributed by atoms with Gasteiger partial charge in [-0.15, -0.1) is 0 Å². The minimum absolute atomic E-state index is 0.0414. The van der Waals surface area contributed by atoms with Gasteiger partial charge in [0.25, 0.3) is 5.56 Å². The smallest absolute Gasteiger partial charge is 0.329 e. The summed E-state index contributed by atoms with van der Waals surface area (Å²) in [5.74, 6) is 0.966. The molecule has 2 atom stereocenters. The molecule has 8 nitrogen and oxygen atoms in total. The molecule has 1 saturated heterocycles. The van der Waals surface area contributed by atoms with Gasteiger partial charge < -0.3 is 10.1 Å². The normalized spacial score (nSPS) is 19.9. The Labute approximate surface area is 175 Å². The molecule has 160 valence electrons. The number of nitrogens with one attached hydrogen (secondary N) is 2. The summed E-state index contributed by atoms with van der Waals surface area (Å²) in [4.78, 5) is 30.0. The minimum Gasteiger partial charge on any atom is -0.494 e. The van der Waals surface area contributed by atoms with Gasteiger partial charge in [-0.2, -0.15) is 5.26 Å². The van der Waals surface area contributed by atoms with E-state index in [2.05, 4.69) is 28.2 Å². The van der Waals surface area contributed by atoms with E-state index in [4.69, 9.17) is 10.00 Å². The molecule has 1 saturated carbocycles. The summed E-state index contributed by atoms with van der Waals surface area (Å²) in [5.41, 5.74) is 0.824. The van der Waals surface area contributed by atoms with Crippen LogP contribution in [0.25, 0.3) is 10.9 Å². The lowest BCUT2D eigenvalue weighted by Gasteiger charge is -2.35. The summed E-state index contributed by atoms with van der Waals surface area (Å²) in [6.45, 7) is 5.42. The average Bonchev–Trinajstić information content (AvgIpc) is 3.43. The Morgan fingerprint density at radius 1 is 1.33 bits per heavy atom. The summed E-state index contributed by atoms with van der Waals surface area (Å²) >= 11 is 0. The highest BCUT2D eigenvalue weighted by Crippen LogP contribution is 2.43. The number of ether oxygens (including phenoxy) is 1. The lowest BCUT2D eigenvalue weighted by Crippen LogP contribution is -2.36. The van der Waals surface area contributed by atoms with E-state index in [9.17, 15) is 9.59 Å². The van der Waals surface area contributed by atoms with Gasteiger partial charge in [-0.05, 0) is 50.9 Å². The topological polar surface area (TPSA) is 103 Å². The van der Waals surface area contributed by atoms with Crippen LogP contribution in [0, 0.1) is 17.2 Å². The average molecular weight is 412 g/mol. The van der Waals surface area contributed by atoms with Crippen molar-refractivity contribution in [2.24, 2.45) is 5.92 Å². The van der Waals surface area contributed by atoms with Crippen molar-refractivity contribution in [1.29, 1.82) is 5.26 Å². The molecule has 2 N–H and O–H groups in total. The van der Waals surface area contributed by atoms with Crippen LogP contribution in [0.4, 0.5) is 0 Å². The molecule has 2 aromatic rings. The van der Waals surface area contributed by atoms with Crippen LogP contribution in [0.3, 0.4) is 0 Å². The number of aromatic nitrogens is 2. The molecule has 0 amide bonds. The van der Waals surface area contributed by atoms with Crippen molar-refractivity contribution >= 4 is 10.9 Å². The number of hydrogen-bond donors (Lipinski definition) is 2. The quantitative estimate of drug-likeness (QED) is 0.688. The van der Waals surface area contributed by atoms with E-state index >= 15 is 0 Å². The highest BCUT2D eigenvalue weighted by atomic mass is 16.5. The van der Waals surface area contributed by atoms with Crippen LogP contribution in [-0.2, 0) is 0 Å². The second-order valence-corrected chi connectivity index (χ2v) is 8.18. The molecule has 0 bridgehead atoms. The number of nitrogens with zero attached hydrogens (tertiary/aromatic N) is 3. The Bertz CT molecular complexity index is 1070. The SMILES string of the molecule is CCN(CCC#N)C(c1ccc2c(=O)[nH]c(=O)n(C3CC3)c2c1OC)C1CCNC1. The molecule has 8 heteroatoms. The highest BCUT2D eigenvalue weighted by molar-refractivity contribution is 5.86. The molecule has 2 heterocycles. The van der Waals surface area contributed by atoms with E-state index in [1.165, 1.54) is 0 Å². The second kappa shape index (κ2) is 8.62. The Morgan fingerprint density at radius 3 is 2.73 bits per heavy atom. The molecular weight excluding hydrogens is 382 g/mol. The molecule has 2 unspecified atom stereocenters. The Balaban J connectivity index is 1.95. The molecular formula is C22H29N5O3. The van der Waals surface area contributed by atoms with Crippen LogP contribution < -0.4 is 21.3 Å². The van der Waals surface area contributed by atoms with Gasteiger partial charge in [0.05, 0.1) is 18.6 Å². The fraction of sp³-hybridized carbons (Fsp3) is 0.591. The van der Waals surface area contributed by atoms with Crippen LogP contribution >= 0.6 is 0 Å². The third-order valence-electron chi connectivity index (χ3n) is 6.38. The van der Waals surface area contributed by atoms with E-state index in [0.29, 0.717) is 35.5 Å². The zero-order valence-corrected chi connectivity index (χ0v) is 17.6. The molecule has 4 rings (SSSR count). The number of hydrogen-bond acceptors (Lipinski definition) is 6. The predicted molar refractivity (Wildman–Crippen MR) is 115 cm³/mol. The first kappa shape index (κ1) is 20.6. The summed E-state index contributed by atoms with van der Waals surface area (Å²) in [6, 6.07) is 6.19. The van der Waals surface area contributed by atoms with E-state index in [1.807, 2.05) is 12.1 Å². The van der Waals surface area contributed by atoms with Crippen molar-refractivity contribution in [3.63, 3.8) is 0 Å². The maximum atomic E-state index is 12.7. The lowest BCUT2D eigenvalue weighted by atomic mass is 9.89. The number of fused-ring (bicyclic) bond motifs is 1. The fourth-order valence-electron chi connectivity index (χ4n) is 4.85. The van der Waals surface area contributed by atoms with Gasteiger partial charge in [-0.3, -0.25) is 19.2 Å². The minimum atomic E-state index is -0.382. The van der Waals surface area contributed by atoms with Crippen LogP contribution in [0.5, 0.6) is 5.75 Å². The largest absolute Gasteiger partial charge is 0.494 e. The molecule has 2 fully saturated rings. The van der Waals surface area contributed by atoms with Crippen LogP contribution in [0.1, 0.15) is 50.3 Å². The summed E-state index contributed by atoms with van der Waals surface area (Å²) in [5, 5.41) is 13.1. The standard InChI is InChI=1S/C22H29N5O3/c1-3-26(12-4-10-23)18(14-9-11-24-13-14)16-7-8-17-19(20(16)30-2)27(15-5-6-15)22(29)25-21(17)28/h7-8,14-15,18,24H,3-6,9,11-13H2,1-2H3,(H,25,28,29). The first-order valence-corrected chi connectivity index (χ1v) is 10.8. The highest BCUT2D eigenvalue weighted by Gasteiger charge is 2.35. The summed E-state index contributed by atoms with van der Waals surface area (Å²) in [7, 11) is 1.61. The van der Waals surface area contributed by atoms with Crippen molar-refractivity contribution in [2.75, 3.05) is 33.3 Å². The number of H-pyrrole nitrogens is 1. The van der Waals surface area contributed by atoms with Gasteiger partial charge in [0.1, 0.15) is 11.3 Å². The van der Waals surface area contributed by atoms with Gasteiger partial charge in [0.2, 0.25) is 0 Å². The van der Waals surface area contributed by atoms with Crippen molar-refractivity contribution in [3.05, 3.63) is 38.5 Å². The molecule has 1 aromatic heterocycles. The maximum absolute atomic E-state index is 12.7. The van der Waals surface area contributed by atoms with E-state index in [0.717, 1.165) is 44.5 Å². The summed E-state index contributed by atoms with van der Waals surface area (Å²) < 4.78 is 7.61. The summed E-state index contributed by atoms with van der Waals surface area (Å²) in [6.07, 6.45) is 3.33. The van der Waals surface area contributed by atoms with E-state index < -0.39 is 0 Å². The Hall–Kier alpha value is -2.63. The fourth-order valence-corrected chi connectivity index (χ4v) is 4.85. The molecule has 30 heavy (non-hydrogen) atoms. The first-order chi connectivity index (χ1) is 14.6. The van der Waals surface area contributed by atoms with Crippen molar-refractivity contribution in [2.45, 2.75) is 44.7 Å². The maximum Gasteiger partial charge on any atom is 0.329 e. The zero-order chi connectivity index (χ0) is 21.3. The Kier molecular flexibility index (Phi) is 5.93. The zero-order valence-electron chi connectivity index (χ0n) is 17.6. The molecule has 0 spiro atoms. The first-order valence-electron chi connectivity index (χ1n) is 10.8. The molecule has 1 aromatic carbocycles. The van der Waals surface area contributed by atoms with Gasteiger partial charge in [-0.1, -0.05) is 13.0 Å². The van der Waals surface area contributed by atoms with Crippen molar-refractivity contribution in [3.8, 4) is 11.8 Å². The van der Waals surface area contributed by atoms with Gasteiger partial charge in [-0.25, -0.2) is 4.79 Å². The van der Waals surface area contributed by atoms with Gasteiger partial charge in [0, 0.05) is 30.6 Å². The number of rotatable bonds is 8. The number of nitriles is 1. The van der Waals surface area contributed by atoms with Crippen LogP contribution in [0.15, 0.2) is 21.7 Å². The number of benzene rings is 1. The number of methoxy groups -OCH3 is 1. The van der Waals surface area contributed by atoms with Crippen LogP contribution in [0.2, 0.25) is 0 Å². The van der Waals surface area contributed by atoms with E-state index in [1.54, 1.807) is 11.7 Å². The third-order valence-corrected chi connectivity index (χ3v) is 6.38. The van der Waals surface area contributed by atoms with Gasteiger partial charge >= 0.3 is 5.69 Å². The molecule has 2 aliphatic rings.